The molecule has 0 aliphatic rings. The quantitative estimate of drug-likeness (QED) is 0.511. The van der Waals surface area contributed by atoms with Crippen LogP contribution >= 0.6 is 0 Å². The first-order valence-corrected chi connectivity index (χ1v) is 6.65. The average Bonchev–Trinajstić information content (AvgIpc) is 2.43. The van der Waals surface area contributed by atoms with E-state index in [4.69, 9.17) is 0 Å². The third-order valence-electron chi connectivity index (χ3n) is 2.45. The first-order chi connectivity index (χ1) is 9.97. The summed E-state index contributed by atoms with van der Waals surface area (Å²) >= 11 is 0. The summed E-state index contributed by atoms with van der Waals surface area (Å²) in [6.45, 7) is 5.69. The number of hydrogen-bond acceptors (Lipinski definition) is 1. The molecule has 0 saturated heterocycles. The van der Waals surface area contributed by atoms with E-state index in [1.54, 1.807) is 0 Å². The van der Waals surface area contributed by atoms with Crippen molar-refractivity contribution in [2.24, 2.45) is 4.99 Å². The first kappa shape index (κ1) is 16.9. The number of nitrogens with one attached hydrogen (secondary N) is 2. The van der Waals surface area contributed by atoms with E-state index < -0.39 is 11.7 Å². The second-order valence-electron chi connectivity index (χ2n) is 4.10. The molecule has 0 atom stereocenters. The van der Waals surface area contributed by atoms with Crippen molar-refractivity contribution < 1.29 is 13.2 Å². The molecule has 0 aromatic heterocycles. The van der Waals surface area contributed by atoms with Gasteiger partial charge in [-0.2, -0.15) is 13.2 Å². The molecule has 2 N–H and O–H groups in total. The molecule has 0 bridgehead atoms. The van der Waals surface area contributed by atoms with Crippen LogP contribution in [0.3, 0.4) is 0 Å². The van der Waals surface area contributed by atoms with E-state index in [1.807, 2.05) is 13.8 Å². The van der Waals surface area contributed by atoms with Crippen LogP contribution in [0.15, 0.2) is 29.3 Å². The van der Waals surface area contributed by atoms with Crippen LogP contribution in [0.1, 0.15) is 25.0 Å². The summed E-state index contributed by atoms with van der Waals surface area (Å²) in [5, 5.41) is 6.10. The van der Waals surface area contributed by atoms with Crippen molar-refractivity contribution in [3.63, 3.8) is 0 Å². The van der Waals surface area contributed by atoms with Crippen molar-refractivity contribution in [3.8, 4) is 11.8 Å². The number of alkyl halides is 3. The van der Waals surface area contributed by atoms with Crippen LogP contribution in [0.2, 0.25) is 0 Å². The Morgan fingerprint density at radius 3 is 2.14 bits per heavy atom. The van der Waals surface area contributed by atoms with Crippen LogP contribution in [-0.2, 0) is 6.18 Å². The van der Waals surface area contributed by atoms with Crippen LogP contribution < -0.4 is 10.6 Å². The summed E-state index contributed by atoms with van der Waals surface area (Å²) in [5.41, 5.74) is -0.140. The van der Waals surface area contributed by atoms with Gasteiger partial charge in [-0.3, -0.25) is 0 Å². The van der Waals surface area contributed by atoms with Gasteiger partial charge in [-0.15, -0.1) is 0 Å². The molecule has 21 heavy (non-hydrogen) atoms. The number of benzene rings is 1. The Morgan fingerprint density at radius 1 is 1.10 bits per heavy atom. The van der Waals surface area contributed by atoms with Gasteiger partial charge >= 0.3 is 6.18 Å². The molecule has 0 aliphatic heterocycles. The van der Waals surface area contributed by atoms with Gasteiger partial charge in [0.05, 0.1) is 5.56 Å². The van der Waals surface area contributed by atoms with Gasteiger partial charge in [-0.25, -0.2) is 4.99 Å². The fraction of sp³-hybridized carbons (Fsp3) is 0.400. The molecule has 0 saturated carbocycles. The summed E-state index contributed by atoms with van der Waals surface area (Å²) < 4.78 is 37.2. The lowest BCUT2D eigenvalue weighted by molar-refractivity contribution is -0.137. The molecule has 0 fully saturated rings. The van der Waals surface area contributed by atoms with E-state index in [9.17, 15) is 13.2 Å². The highest BCUT2D eigenvalue weighted by Crippen LogP contribution is 2.28. The molecule has 0 radical (unpaired) electrons. The fourth-order valence-electron chi connectivity index (χ4n) is 1.51. The standard InChI is InChI=1S/C15H18F3N3/c1-3-19-14(20-4-2)21-11-5-6-12-7-9-13(10-8-12)15(16,17)18/h7-10H,3-4,11H2,1-2H3,(H2,19,20,21). The zero-order valence-corrected chi connectivity index (χ0v) is 12.0. The zero-order chi connectivity index (χ0) is 15.7. The van der Waals surface area contributed by atoms with Crippen molar-refractivity contribution in [1.82, 2.24) is 10.6 Å². The molecular weight excluding hydrogens is 279 g/mol. The molecule has 1 aromatic carbocycles. The van der Waals surface area contributed by atoms with Crippen molar-refractivity contribution in [3.05, 3.63) is 35.4 Å². The lowest BCUT2D eigenvalue weighted by atomic mass is 10.1. The highest BCUT2D eigenvalue weighted by atomic mass is 19.4. The van der Waals surface area contributed by atoms with E-state index in [0.29, 0.717) is 11.5 Å². The third kappa shape index (κ3) is 6.21. The van der Waals surface area contributed by atoms with Gasteiger partial charge in [0.15, 0.2) is 5.96 Å². The topological polar surface area (TPSA) is 36.4 Å². The Labute approximate surface area is 122 Å². The van der Waals surface area contributed by atoms with Crippen LogP contribution in [0.5, 0.6) is 0 Å². The Hall–Kier alpha value is -2.16. The van der Waals surface area contributed by atoms with Crippen LogP contribution in [0.25, 0.3) is 0 Å². The Kier molecular flexibility index (Phi) is 6.60. The Morgan fingerprint density at radius 2 is 1.67 bits per heavy atom. The molecule has 0 heterocycles. The number of halogens is 3. The summed E-state index contributed by atoms with van der Waals surface area (Å²) in [7, 11) is 0. The SMILES string of the molecule is CCNC(=NCC#Cc1ccc(C(F)(F)F)cc1)NCC. The summed E-state index contributed by atoms with van der Waals surface area (Å²) in [4.78, 5) is 4.22. The predicted octanol–water partition coefficient (Wildman–Crippen LogP) is 2.63. The molecule has 1 rings (SSSR count). The minimum Gasteiger partial charge on any atom is -0.357 e. The second kappa shape index (κ2) is 8.20. The molecule has 3 nitrogen and oxygen atoms in total. The second-order valence-corrected chi connectivity index (χ2v) is 4.10. The first-order valence-electron chi connectivity index (χ1n) is 6.65. The minimum atomic E-state index is -4.32. The van der Waals surface area contributed by atoms with Gasteiger partial charge in [0.25, 0.3) is 0 Å². The van der Waals surface area contributed by atoms with Crippen molar-refractivity contribution >= 4 is 5.96 Å². The molecule has 0 spiro atoms. The van der Waals surface area contributed by atoms with Crippen LogP contribution in [-0.4, -0.2) is 25.6 Å². The van der Waals surface area contributed by atoms with Gasteiger partial charge in [-0.1, -0.05) is 11.8 Å². The van der Waals surface area contributed by atoms with E-state index in [0.717, 1.165) is 25.2 Å². The van der Waals surface area contributed by atoms with Gasteiger partial charge < -0.3 is 10.6 Å². The molecule has 6 heteroatoms. The minimum absolute atomic E-state index is 0.274. The maximum Gasteiger partial charge on any atom is 0.416 e. The smallest absolute Gasteiger partial charge is 0.357 e. The number of guanidine groups is 1. The average molecular weight is 297 g/mol. The number of aliphatic imine (C=N–C) groups is 1. The largest absolute Gasteiger partial charge is 0.416 e. The number of hydrogen-bond donors (Lipinski definition) is 2. The molecule has 0 aliphatic carbocycles. The highest BCUT2D eigenvalue weighted by Gasteiger charge is 2.29. The summed E-state index contributed by atoms with van der Waals surface area (Å²) in [6.07, 6.45) is -4.32. The zero-order valence-electron chi connectivity index (χ0n) is 12.0. The Bertz CT molecular complexity index is 514. The van der Waals surface area contributed by atoms with Crippen molar-refractivity contribution in [1.29, 1.82) is 0 Å². The molecule has 0 unspecified atom stereocenters. The van der Waals surface area contributed by atoms with Crippen molar-refractivity contribution in [2.75, 3.05) is 19.6 Å². The van der Waals surface area contributed by atoms with E-state index in [1.165, 1.54) is 12.1 Å². The lowest BCUT2D eigenvalue weighted by Gasteiger charge is -2.07. The van der Waals surface area contributed by atoms with Gasteiger partial charge in [0.1, 0.15) is 6.54 Å². The molecule has 114 valence electrons. The normalized spacial score (nSPS) is 10.3. The van der Waals surface area contributed by atoms with Gasteiger partial charge in [0.2, 0.25) is 0 Å². The highest BCUT2D eigenvalue weighted by molar-refractivity contribution is 5.79. The maximum atomic E-state index is 12.4. The van der Waals surface area contributed by atoms with E-state index in [2.05, 4.69) is 27.5 Å². The Balaban J connectivity index is 2.64. The van der Waals surface area contributed by atoms with Crippen LogP contribution in [0.4, 0.5) is 13.2 Å². The molecule has 1 aromatic rings. The third-order valence-corrected chi connectivity index (χ3v) is 2.45. The monoisotopic (exact) mass is 297 g/mol. The predicted molar refractivity (Wildman–Crippen MR) is 78.0 cm³/mol. The van der Waals surface area contributed by atoms with Crippen molar-refractivity contribution in [2.45, 2.75) is 20.0 Å². The van der Waals surface area contributed by atoms with E-state index in [-0.39, 0.29) is 6.54 Å². The number of nitrogens with zero attached hydrogens (tertiary/aromatic N) is 1. The van der Waals surface area contributed by atoms with E-state index >= 15 is 0 Å². The van der Waals surface area contributed by atoms with Gasteiger partial charge in [0, 0.05) is 18.7 Å². The van der Waals surface area contributed by atoms with Crippen LogP contribution in [0, 0.1) is 11.8 Å². The maximum absolute atomic E-state index is 12.4. The lowest BCUT2D eigenvalue weighted by Crippen LogP contribution is -2.37. The summed E-state index contributed by atoms with van der Waals surface area (Å²) in [5.74, 6) is 6.26. The summed E-state index contributed by atoms with van der Waals surface area (Å²) in [6, 6.07) is 4.76. The number of rotatable bonds is 3. The molecular formula is C15H18F3N3. The van der Waals surface area contributed by atoms with Gasteiger partial charge in [-0.05, 0) is 38.1 Å². The fourth-order valence-corrected chi connectivity index (χ4v) is 1.51. The molecule has 0 amide bonds.